The average molecular weight is 289 g/mol. The van der Waals surface area contributed by atoms with E-state index in [1.165, 1.54) is 6.92 Å². The molecule has 0 aromatic heterocycles. The van der Waals surface area contributed by atoms with Crippen molar-refractivity contribution in [1.29, 1.82) is 0 Å². The third kappa shape index (κ3) is 3.17. The first kappa shape index (κ1) is 11.9. The summed E-state index contributed by atoms with van der Waals surface area (Å²) in [6.45, 7) is 1.48. The second kappa shape index (κ2) is 5.15. The molecule has 0 aliphatic heterocycles. The number of amides is 1. The first-order chi connectivity index (χ1) is 8.15. The average Bonchev–Trinajstić information content (AvgIpc) is 2.30. The van der Waals surface area contributed by atoms with Gasteiger partial charge in [-0.3, -0.25) is 4.79 Å². The molecule has 17 heavy (non-hydrogen) atoms. The zero-order valence-electron chi connectivity index (χ0n) is 9.33. The molecule has 0 saturated heterocycles. The molecule has 0 unspecified atom stereocenters. The van der Waals surface area contributed by atoms with Crippen molar-refractivity contribution in [1.82, 2.24) is 0 Å². The number of carbonyl (C=O) groups is 1. The maximum Gasteiger partial charge on any atom is 0.221 e. The minimum absolute atomic E-state index is 0.0855. The normalized spacial score (nSPS) is 10.0. The molecule has 1 radical (unpaired) electrons. The highest BCUT2D eigenvalue weighted by Gasteiger charge is 1.99. The molecular weight excluding hydrogens is 278 g/mol. The molecular formula is C14H11BrNO. The predicted molar refractivity (Wildman–Crippen MR) is 72.7 cm³/mol. The van der Waals surface area contributed by atoms with Crippen LogP contribution in [0.5, 0.6) is 0 Å². The summed E-state index contributed by atoms with van der Waals surface area (Å²) >= 11 is 3.40. The topological polar surface area (TPSA) is 29.1 Å². The molecule has 1 N–H and O–H groups in total. The van der Waals surface area contributed by atoms with Crippen molar-refractivity contribution in [2.75, 3.05) is 5.32 Å². The Morgan fingerprint density at radius 1 is 1.12 bits per heavy atom. The number of halogens is 1. The van der Waals surface area contributed by atoms with Crippen LogP contribution in [0.4, 0.5) is 5.69 Å². The Kier molecular flexibility index (Phi) is 3.59. The van der Waals surface area contributed by atoms with E-state index in [4.69, 9.17) is 0 Å². The lowest BCUT2D eigenvalue weighted by Crippen LogP contribution is -2.05. The highest BCUT2D eigenvalue weighted by atomic mass is 79.9. The minimum atomic E-state index is -0.0855. The van der Waals surface area contributed by atoms with E-state index >= 15 is 0 Å². The minimum Gasteiger partial charge on any atom is -0.326 e. The van der Waals surface area contributed by atoms with Crippen LogP contribution in [0.3, 0.4) is 0 Å². The molecule has 0 fully saturated rings. The van der Waals surface area contributed by atoms with E-state index in [0.29, 0.717) is 5.69 Å². The predicted octanol–water partition coefficient (Wildman–Crippen LogP) is 3.87. The monoisotopic (exact) mass is 288 g/mol. The molecule has 0 aliphatic carbocycles. The van der Waals surface area contributed by atoms with E-state index in [1.807, 2.05) is 42.5 Å². The standard InChI is InChI=1S/C14H11BrNO/c1-10(17)16-14-8-4-12(5-9-14)11-2-6-13(15)7-3-11/h2-8H,1H3,(H,16,17). The lowest BCUT2D eigenvalue weighted by Gasteiger charge is -2.04. The van der Waals surface area contributed by atoms with Crippen LogP contribution in [0.25, 0.3) is 11.1 Å². The third-order valence-electron chi connectivity index (χ3n) is 2.30. The van der Waals surface area contributed by atoms with Crippen LogP contribution in [0, 0.1) is 6.07 Å². The van der Waals surface area contributed by atoms with Gasteiger partial charge in [-0.25, -0.2) is 0 Å². The molecule has 2 rings (SSSR count). The number of nitrogens with one attached hydrogen (secondary N) is 1. The molecule has 0 saturated carbocycles. The van der Waals surface area contributed by atoms with Gasteiger partial charge in [-0.05, 0) is 35.4 Å². The summed E-state index contributed by atoms with van der Waals surface area (Å²) < 4.78 is 1.06. The number of carbonyl (C=O) groups excluding carboxylic acids is 1. The van der Waals surface area contributed by atoms with Crippen LogP contribution < -0.4 is 5.32 Å². The molecule has 85 valence electrons. The van der Waals surface area contributed by atoms with Crippen molar-refractivity contribution >= 4 is 27.5 Å². The SMILES string of the molecule is CC(=O)Nc1[c]cc(-c2ccc(Br)cc2)cc1. The van der Waals surface area contributed by atoms with Gasteiger partial charge in [-0.15, -0.1) is 0 Å². The van der Waals surface area contributed by atoms with Crippen LogP contribution in [0.1, 0.15) is 6.92 Å². The molecule has 3 heteroatoms. The molecule has 2 nitrogen and oxygen atoms in total. The summed E-state index contributed by atoms with van der Waals surface area (Å²) in [5.41, 5.74) is 2.89. The van der Waals surface area contributed by atoms with Crippen LogP contribution in [0.15, 0.2) is 46.9 Å². The number of benzene rings is 2. The second-order valence-corrected chi connectivity index (χ2v) is 4.59. The van der Waals surface area contributed by atoms with Gasteiger partial charge in [0.1, 0.15) is 0 Å². The van der Waals surface area contributed by atoms with Gasteiger partial charge in [0.05, 0.1) is 0 Å². The zero-order valence-corrected chi connectivity index (χ0v) is 10.9. The summed E-state index contributed by atoms with van der Waals surface area (Å²) in [7, 11) is 0. The summed E-state index contributed by atoms with van der Waals surface area (Å²) in [6.07, 6.45) is 0. The van der Waals surface area contributed by atoms with Crippen LogP contribution in [-0.2, 0) is 4.79 Å². The largest absolute Gasteiger partial charge is 0.326 e. The van der Waals surface area contributed by atoms with Crippen LogP contribution >= 0.6 is 15.9 Å². The molecule has 0 atom stereocenters. The Morgan fingerprint density at radius 3 is 2.29 bits per heavy atom. The van der Waals surface area contributed by atoms with E-state index in [-0.39, 0.29) is 5.91 Å². The summed E-state index contributed by atoms with van der Waals surface area (Å²) in [5.74, 6) is -0.0855. The maximum atomic E-state index is 10.9. The fourth-order valence-corrected chi connectivity index (χ4v) is 1.78. The molecule has 2 aromatic carbocycles. The summed E-state index contributed by atoms with van der Waals surface area (Å²) in [4.78, 5) is 10.9. The fourth-order valence-electron chi connectivity index (χ4n) is 1.51. The van der Waals surface area contributed by atoms with Gasteiger partial charge in [-0.1, -0.05) is 34.1 Å². The lowest BCUT2D eigenvalue weighted by atomic mass is 10.1. The van der Waals surface area contributed by atoms with Gasteiger partial charge in [0.25, 0.3) is 0 Å². The zero-order chi connectivity index (χ0) is 12.3. The van der Waals surface area contributed by atoms with Crippen molar-refractivity contribution in [3.63, 3.8) is 0 Å². The molecule has 0 heterocycles. The number of hydrogen-bond donors (Lipinski definition) is 1. The molecule has 0 spiro atoms. The summed E-state index contributed by atoms with van der Waals surface area (Å²) in [5, 5.41) is 2.69. The van der Waals surface area contributed by atoms with Crippen molar-refractivity contribution in [2.45, 2.75) is 6.92 Å². The van der Waals surface area contributed by atoms with E-state index in [9.17, 15) is 4.79 Å². The number of rotatable bonds is 2. The quantitative estimate of drug-likeness (QED) is 0.893. The number of anilines is 1. The fraction of sp³-hybridized carbons (Fsp3) is 0.0714. The van der Waals surface area contributed by atoms with Crippen molar-refractivity contribution in [3.8, 4) is 11.1 Å². The van der Waals surface area contributed by atoms with Gasteiger partial charge in [0, 0.05) is 23.2 Å². The van der Waals surface area contributed by atoms with E-state index < -0.39 is 0 Å². The van der Waals surface area contributed by atoms with E-state index in [0.717, 1.165) is 15.6 Å². The second-order valence-electron chi connectivity index (χ2n) is 3.68. The van der Waals surface area contributed by atoms with Gasteiger partial charge in [0.15, 0.2) is 0 Å². The van der Waals surface area contributed by atoms with Crippen molar-refractivity contribution in [3.05, 3.63) is 53.0 Å². The van der Waals surface area contributed by atoms with Crippen LogP contribution in [-0.4, -0.2) is 5.91 Å². The van der Waals surface area contributed by atoms with Gasteiger partial charge < -0.3 is 5.32 Å². The van der Waals surface area contributed by atoms with Gasteiger partial charge in [-0.2, -0.15) is 0 Å². The molecule has 2 aromatic rings. The van der Waals surface area contributed by atoms with Crippen LogP contribution in [0.2, 0.25) is 0 Å². The van der Waals surface area contributed by atoms with Gasteiger partial charge in [0.2, 0.25) is 5.91 Å². The molecule has 0 bridgehead atoms. The molecule has 0 aliphatic rings. The number of hydrogen-bond acceptors (Lipinski definition) is 1. The Labute approximate surface area is 109 Å². The lowest BCUT2D eigenvalue weighted by molar-refractivity contribution is -0.114. The Morgan fingerprint density at radius 2 is 1.76 bits per heavy atom. The highest BCUT2D eigenvalue weighted by Crippen LogP contribution is 2.22. The van der Waals surface area contributed by atoms with Crippen molar-refractivity contribution < 1.29 is 4.79 Å². The Balaban J connectivity index is 2.23. The summed E-state index contributed by atoms with van der Waals surface area (Å²) in [6, 6.07) is 16.8. The van der Waals surface area contributed by atoms with Crippen molar-refractivity contribution in [2.24, 2.45) is 0 Å². The van der Waals surface area contributed by atoms with E-state index in [2.05, 4.69) is 27.3 Å². The Hall–Kier alpha value is -1.61. The smallest absolute Gasteiger partial charge is 0.221 e. The Bertz CT molecular complexity index is 517. The van der Waals surface area contributed by atoms with Gasteiger partial charge >= 0.3 is 0 Å². The molecule has 1 amide bonds. The first-order valence-electron chi connectivity index (χ1n) is 5.20. The van der Waals surface area contributed by atoms with E-state index in [1.54, 1.807) is 0 Å². The first-order valence-corrected chi connectivity index (χ1v) is 6.00. The maximum absolute atomic E-state index is 10.9. The highest BCUT2D eigenvalue weighted by molar-refractivity contribution is 9.10. The third-order valence-corrected chi connectivity index (χ3v) is 2.83.